The van der Waals surface area contributed by atoms with Crippen LogP contribution in [0, 0.1) is 5.92 Å². The van der Waals surface area contributed by atoms with Crippen molar-refractivity contribution in [3.8, 4) is 0 Å². The maximum absolute atomic E-state index is 11.3. The van der Waals surface area contributed by atoms with E-state index < -0.39 is 5.97 Å². The summed E-state index contributed by atoms with van der Waals surface area (Å²) >= 11 is 12.8. The molecule has 0 radical (unpaired) electrons. The van der Waals surface area contributed by atoms with Crippen LogP contribution in [-0.4, -0.2) is 11.1 Å². The Labute approximate surface area is 149 Å². The first kappa shape index (κ1) is 15.6. The first-order chi connectivity index (χ1) is 11.6. The van der Waals surface area contributed by atoms with Gasteiger partial charge in [-0.25, -0.2) is 4.79 Å². The molecule has 2 N–H and O–H groups in total. The van der Waals surface area contributed by atoms with Crippen LogP contribution in [0.5, 0.6) is 0 Å². The molecule has 1 aliphatic heterocycles. The number of allylic oxidation sites excluding steroid dienone is 2. The Morgan fingerprint density at radius 3 is 2.62 bits per heavy atom. The SMILES string of the molecule is O=C(O)c1ccc2c(c1)C1C=CCC1C(c1c(Cl)cccc1Cl)N2. The van der Waals surface area contributed by atoms with Gasteiger partial charge in [0.1, 0.15) is 0 Å². The van der Waals surface area contributed by atoms with E-state index in [-0.39, 0.29) is 17.9 Å². The monoisotopic (exact) mass is 359 g/mol. The van der Waals surface area contributed by atoms with Crippen molar-refractivity contribution in [3.63, 3.8) is 0 Å². The molecule has 0 fully saturated rings. The van der Waals surface area contributed by atoms with Crippen molar-refractivity contribution >= 4 is 34.9 Å². The molecular weight excluding hydrogens is 345 g/mol. The van der Waals surface area contributed by atoms with E-state index in [1.54, 1.807) is 12.1 Å². The average molecular weight is 360 g/mol. The molecule has 2 aromatic rings. The molecule has 0 saturated carbocycles. The van der Waals surface area contributed by atoms with Gasteiger partial charge in [0.25, 0.3) is 0 Å². The van der Waals surface area contributed by atoms with Crippen molar-refractivity contribution in [2.24, 2.45) is 5.92 Å². The number of halogens is 2. The molecule has 0 aromatic heterocycles. The summed E-state index contributed by atoms with van der Waals surface area (Å²) in [5, 5.41) is 14.1. The van der Waals surface area contributed by atoms with E-state index in [2.05, 4.69) is 17.5 Å². The van der Waals surface area contributed by atoms with Crippen LogP contribution in [0.1, 0.15) is 39.9 Å². The Morgan fingerprint density at radius 2 is 1.92 bits per heavy atom. The highest BCUT2D eigenvalue weighted by molar-refractivity contribution is 6.36. The minimum atomic E-state index is -0.910. The molecular formula is C19H15Cl2NO2. The number of hydrogen-bond donors (Lipinski definition) is 2. The van der Waals surface area contributed by atoms with Crippen molar-refractivity contribution in [2.45, 2.75) is 18.4 Å². The molecule has 24 heavy (non-hydrogen) atoms. The van der Waals surface area contributed by atoms with Crippen molar-refractivity contribution in [3.05, 3.63) is 75.3 Å². The van der Waals surface area contributed by atoms with Crippen LogP contribution in [0.25, 0.3) is 0 Å². The van der Waals surface area contributed by atoms with Gasteiger partial charge in [0.05, 0.1) is 11.6 Å². The summed E-state index contributed by atoms with van der Waals surface area (Å²) in [4.78, 5) is 11.3. The summed E-state index contributed by atoms with van der Waals surface area (Å²) in [6, 6.07) is 10.8. The largest absolute Gasteiger partial charge is 0.478 e. The minimum absolute atomic E-state index is 0.00521. The second-order valence-corrected chi connectivity index (χ2v) is 7.03. The smallest absolute Gasteiger partial charge is 0.335 e. The first-order valence-corrected chi connectivity index (χ1v) is 8.56. The van der Waals surface area contributed by atoms with Crippen LogP contribution in [-0.2, 0) is 0 Å². The van der Waals surface area contributed by atoms with Gasteiger partial charge < -0.3 is 10.4 Å². The number of nitrogens with one attached hydrogen (secondary N) is 1. The van der Waals surface area contributed by atoms with Gasteiger partial charge in [-0.2, -0.15) is 0 Å². The zero-order valence-corrected chi connectivity index (χ0v) is 14.2. The lowest BCUT2D eigenvalue weighted by Gasteiger charge is -2.38. The summed E-state index contributed by atoms with van der Waals surface area (Å²) in [6.07, 6.45) is 5.21. The Morgan fingerprint density at radius 1 is 1.17 bits per heavy atom. The third-order valence-electron chi connectivity index (χ3n) is 4.92. The van der Waals surface area contributed by atoms with E-state index in [1.165, 1.54) is 0 Å². The number of benzene rings is 2. The summed E-state index contributed by atoms with van der Waals surface area (Å²) in [5.74, 6) is -0.482. The summed E-state index contributed by atoms with van der Waals surface area (Å²) < 4.78 is 0. The number of aromatic carboxylic acids is 1. The Hall–Kier alpha value is -1.97. The van der Waals surface area contributed by atoms with Gasteiger partial charge in [0.2, 0.25) is 0 Å². The highest BCUT2D eigenvalue weighted by Gasteiger charge is 2.39. The van der Waals surface area contributed by atoms with Crippen LogP contribution in [0.2, 0.25) is 10.0 Å². The van der Waals surface area contributed by atoms with E-state index in [0.717, 1.165) is 23.2 Å². The van der Waals surface area contributed by atoms with E-state index >= 15 is 0 Å². The van der Waals surface area contributed by atoms with Crippen LogP contribution in [0.4, 0.5) is 5.69 Å². The predicted octanol–water partition coefficient (Wildman–Crippen LogP) is 5.52. The Bertz CT molecular complexity index is 842. The van der Waals surface area contributed by atoms with Crippen LogP contribution < -0.4 is 5.32 Å². The molecule has 3 atom stereocenters. The molecule has 3 unspecified atom stereocenters. The summed E-state index contributed by atoms with van der Waals surface area (Å²) in [6.45, 7) is 0. The molecule has 4 rings (SSSR count). The molecule has 2 aromatic carbocycles. The summed E-state index contributed by atoms with van der Waals surface area (Å²) in [7, 11) is 0. The third kappa shape index (κ3) is 2.40. The third-order valence-corrected chi connectivity index (χ3v) is 5.58. The topological polar surface area (TPSA) is 49.3 Å². The van der Waals surface area contributed by atoms with Gasteiger partial charge >= 0.3 is 5.97 Å². The fourth-order valence-electron chi connectivity index (χ4n) is 3.82. The van der Waals surface area contributed by atoms with Gasteiger partial charge in [0.15, 0.2) is 0 Å². The Kier molecular flexibility index (Phi) is 3.78. The second kappa shape index (κ2) is 5.83. The Balaban J connectivity index is 1.83. The maximum Gasteiger partial charge on any atom is 0.335 e. The molecule has 5 heteroatoms. The molecule has 0 spiro atoms. The molecule has 2 aliphatic rings. The quantitative estimate of drug-likeness (QED) is 0.694. The molecule has 122 valence electrons. The second-order valence-electron chi connectivity index (χ2n) is 6.22. The summed E-state index contributed by atoms with van der Waals surface area (Å²) in [5.41, 5.74) is 3.18. The number of carboxylic acids is 1. The van der Waals surface area contributed by atoms with Gasteiger partial charge in [-0.1, -0.05) is 41.4 Å². The fraction of sp³-hybridized carbons (Fsp3) is 0.211. The van der Waals surface area contributed by atoms with Gasteiger partial charge in [0, 0.05) is 27.2 Å². The first-order valence-electron chi connectivity index (χ1n) is 7.80. The normalized spacial score (nSPS) is 24.2. The number of carboxylic acid groups (broad SMARTS) is 1. The predicted molar refractivity (Wildman–Crippen MR) is 96.2 cm³/mol. The highest BCUT2D eigenvalue weighted by Crippen LogP contribution is 2.52. The molecule has 0 saturated heterocycles. The minimum Gasteiger partial charge on any atom is -0.478 e. The lowest BCUT2D eigenvalue weighted by Crippen LogP contribution is -2.29. The number of rotatable bonds is 2. The number of anilines is 1. The highest BCUT2D eigenvalue weighted by atomic mass is 35.5. The van der Waals surface area contributed by atoms with Crippen molar-refractivity contribution in [1.29, 1.82) is 0 Å². The number of fused-ring (bicyclic) bond motifs is 3. The van der Waals surface area contributed by atoms with E-state index in [4.69, 9.17) is 23.2 Å². The van der Waals surface area contributed by atoms with E-state index in [0.29, 0.717) is 15.6 Å². The van der Waals surface area contributed by atoms with Crippen LogP contribution in [0.3, 0.4) is 0 Å². The van der Waals surface area contributed by atoms with E-state index in [1.807, 2.05) is 24.3 Å². The van der Waals surface area contributed by atoms with Gasteiger partial charge in [-0.3, -0.25) is 0 Å². The van der Waals surface area contributed by atoms with Crippen molar-refractivity contribution < 1.29 is 9.90 Å². The zero-order chi connectivity index (χ0) is 16.8. The average Bonchev–Trinajstić information content (AvgIpc) is 3.04. The lowest BCUT2D eigenvalue weighted by atomic mass is 9.76. The van der Waals surface area contributed by atoms with Crippen molar-refractivity contribution in [1.82, 2.24) is 0 Å². The molecule has 0 amide bonds. The fourth-order valence-corrected chi connectivity index (χ4v) is 4.45. The molecule has 1 aliphatic carbocycles. The zero-order valence-electron chi connectivity index (χ0n) is 12.7. The van der Waals surface area contributed by atoms with Crippen LogP contribution >= 0.6 is 23.2 Å². The molecule has 0 bridgehead atoms. The standard InChI is InChI=1S/C19H15Cl2NO2/c20-14-5-2-6-15(21)17(14)18-12-4-1-3-11(12)13-9-10(19(23)24)7-8-16(13)22-18/h1-3,5-9,11-12,18,22H,4H2,(H,23,24). The number of hydrogen-bond acceptors (Lipinski definition) is 2. The van der Waals surface area contributed by atoms with Gasteiger partial charge in [-0.15, -0.1) is 0 Å². The van der Waals surface area contributed by atoms with Crippen molar-refractivity contribution in [2.75, 3.05) is 5.32 Å². The molecule has 1 heterocycles. The van der Waals surface area contributed by atoms with Crippen LogP contribution in [0.15, 0.2) is 48.6 Å². The lowest BCUT2D eigenvalue weighted by molar-refractivity contribution is 0.0696. The molecule has 3 nitrogen and oxygen atoms in total. The number of carbonyl (C=O) groups is 1. The maximum atomic E-state index is 11.3. The van der Waals surface area contributed by atoms with E-state index in [9.17, 15) is 9.90 Å². The van der Waals surface area contributed by atoms with Gasteiger partial charge in [-0.05, 0) is 48.2 Å².